The van der Waals surface area contributed by atoms with E-state index < -0.39 is 0 Å². The van der Waals surface area contributed by atoms with Crippen LogP contribution in [0.1, 0.15) is 5.56 Å². The molecule has 1 aromatic rings. The van der Waals surface area contributed by atoms with Crippen LogP contribution in [0.3, 0.4) is 0 Å². The van der Waals surface area contributed by atoms with Crippen molar-refractivity contribution >= 4 is 22.0 Å². The third-order valence-corrected chi connectivity index (χ3v) is 1.77. The molecule has 0 bridgehead atoms. The highest BCUT2D eigenvalue weighted by Gasteiger charge is 1.85. The monoisotopic (exact) mass is 206 g/mol. The fourth-order valence-corrected chi connectivity index (χ4v) is 0.983. The van der Waals surface area contributed by atoms with Crippen LogP contribution in [0.15, 0.2) is 34.8 Å². The first-order valence-corrected chi connectivity index (χ1v) is 4.00. The van der Waals surface area contributed by atoms with Crippen LogP contribution in [-0.4, -0.2) is 0 Å². The van der Waals surface area contributed by atoms with Gasteiger partial charge in [-0.3, -0.25) is 0 Å². The molecule has 54 valence electrons. The van der Waals surface area contributed by atoms with Crippen LogP contribution in [0.2, 0.25) is 0 Å². The van der Waals surface area contributed by atoms with E-state index in [9.17, 15) is 0 Å². The van der Waals surface area contributed by atoms with Gasteiger partial charge in [-0.15, -0.1) is 6.42 Å². The second kappa shape index (κ2) is 4.00. The molecular weight excluding hydrogens is 200 g/mol. The Morgan fingerprint density at radius 3 is 2.45 bits per heavy atom. The Morgan fingerprint density at radius 1 is 1.27 bits per heavy atom. The number of halogens is 1. The number of benzene rings is 1. The lowest BCUT2D eigenvalue weighted by Gasteiger charge is -1.91. The number of hydrogen-bond acceptors (Lipinski definition) is 0. The summed E-state index contributed by atoms with van der Waals surface area (Å²) in [5.74, 6) is 2.44. The standard InChI is InChI=1S/C10H7Br/c1-2-3-4-9-5-7-10(11)8-6-9/h1,3-8H. The lowest BCUT2D eigenvalue weighted by molar-refractivity contribution is 1.61. The summed E-state index contributed by atoms with van der Waals surface area (Å²) < 4.78 is 1.08. The average Bonchev–Trinajstić information content (AvgIpc) is 2.04. The van der Waals surface area contributed by atoms with Gasteiger partial charge in [-0.25, -0.2) is 0 Å². The molecule has 0 unspecified atom stereocenters. The summed E-state index contributed by atoms with van der Waals surface area (Å²) in [5, 5.41) is 0. The molecule has 1 aromatic carbocycles. The minimum atomic E-state index is 1.08. The highest BCUT2D eigenvalue weighted by molar-refractivity contribution is 9.10. The van der Waals surface area contributed by atoms with Crippen LogP contribution in [0.25, 0.3) is 6.08 Å². The Kier molecular flexibility index (Phi) is 2.95. The van der Waals surface area contributed by atoms with E-state index in [1.165, 1.54) is 0 Å². The Balaban J connectivity index is 2.84. The summed E-state index contributed by atoms with van der Waals surface area (Å²) in [4.78, 5) is 0. The van der Waals surface area contributed by atoms with Gasteiger partial charge in [-0.05, 0) is 29.8 Å². The molecule has 0 heterocycles. The van der Waals surface area contributed by atoms with Gasteiger partial charge in [-0.2, -0.15) is 0 Å². The van der Waals surface area contributed by atoms with E-state index in [0.29, 0.717) is 0 Å². The lowest BCUT2D eigenvalue weighted by Crippen LogP contribution is -1.69. The summed E-state index contributed by atoms with van der Waals surface area (Å²) >= 11 is 3.35. The van der Waals surface area contributed by atoms with Gasteiger partial charge in [-0.1, -0.05) is 34.0 Å². The van der Waals surface area contributed by atoms with Crippen molar-refractivity contribution in [2.45, 2.75) is 0 Å². The number of hydrogen-bond donors (Lipinski definition) is 0. The molecule has 0 fully saturated rings. The van der Waals surface area contributed by atoms with Gasteiger partial charge < -0.3 is 0 Å². The van der Waals surface area contributed by atoms with E-state index in [1.54, 1.807) is 6.08 Å². The largest absolute Gasteiger partial charge is 0.115 e. The third kappa shape index (κ3) is 2.61. The average molecular weight is 207 g/mol. The molecule has 0 atom stereocenters. The number of allylic oxidation sites excluding steroid dienone is 1. The van der Waals surface area contributed by atoms with Gasteiger partial charge in [0.25, 0.3) is 0 Å². The molecular formula is C10H7Br. The van der Waals surface area contributed by atoms with Crippen molar-refractivity contribution in [1.82, 2.24) is 0 Å². The molecule has 1 rings (SSSR count). The Hall–Kier alpha value is -1.00. The van der Waals surface area contributed by atoms with Crippen molar-refractivity contribution in [3.05, 3.63) is 40.4 Å². The lowest BCUT2D eigenvalue weighted by atomic mass is 10.2. The topological polar surface area (TPSA) is 0 Å². The van der Waals surface area contributed by atoms with E-state index in [1.807, 2.05) is 30.3 Å². The molecule has 0 amide bonds. The number of rotatable bonds is 1. The molecule has 0 saturated heterocycles. The van der Waals surface area contributed by atoms with Crippen molar-refractivity contribution in [1.29, 1.82) is 0 Å². The third-order valence-electron chi connectivity index (χ3n) is 1.24. The smallest absolute Gasteiger partial charge is 0.0175 e. The second-order valence-corrected chi connectivity index (χ2v) is 2.97. The first-order chi connectivity index (χ1) is 5.33. The predicted molar refractivity (Wildman–Crippen MR) is 52.0 cm³/mol. The first-order valence-electron chi connectivity index (χ1n) is 3.21. The maximum absolute atomic E-state index is 5.06. The Labute approximate surface area is 75.1 Å². The van der Waals surface area contributed by atoms with Crippen LogP contribution in [0.4, 0.5) is 0 Å². The molecule has 0 radical (unpaired) electrons. The van der Waals surface area contributed by atoms with Crippen LogP contribution in [0, 0.1) is 12.3 Å². The SMILES string of the molecule is C#CC=Cc1ccc(Br)cc1. The summed E-state index contributed by atoms with van der Waals surface area (Å²) in [6, 6.07) is 7.96. The van der Waals surface area contributed by atoms with E-state index in [2.05, 4.69) is 21.9 Å². The van der Waals surface area contributed by atoms with E-state index in [4.69, 9.17) is 6.42 Å². The van der Waals surface area contributed by atoms with E-state index in [0.717, 1.165) is 10.0 Å². The molecule has 0 saturated carbocycles. The minimum Gasteiger partial charge on any atom is -0.115 e. The molecule has 1 heteroatoms. The molecule has 0 aliphatic carbocycles. The van der Waals surface area contributed by atoms with Gasteiger partial charge >= 0.3 is 0 Å². The summed E-state index contributed by atoms with van der Waals surface area (Å²) in [7, 11) is 0. The molecule has 0 nitrogen and oxygen atoms in total. The highest BCUT2D eigenvalue weighted by Crippen LogP contribution is 2.11. The van der Waals surface area contributed by atoms with Crippen LogP contribution >= 0.6 is 15.9 Å². The van der Waals surface area contributed by atoms with E-state index >= 15 is 0 Å². The second-order valence-electron chi connectivity index (χ2n) is 2.05. The van der Waals surface area contributed by atoms with Crippen LogP contribution in [-0.2, 0) is 0 Å². The van der Waals surface area contributed by atoms with Gasteiger partial charge in [0, 0.05) is 4.47 Å². The summed E-state index contributed by atoms with van der Waals surface area (Å²) in [5.41, 5.74) is 1.12. The zero-order valence-electron chi connectivity index (χ0n) is 5.92. The molecule has 0 aliphatic rings. The zero-order valence-corrected chi connectivity index (χ0v) is 7.51. The van der Waals surface area contributed by atoms with Crippen molar-refractivity contribution in [2.75, 3.05) is 0 Å². The van der Waals surface area contributed by atoms with Crippen molar-refractivity contribution in [3.63, 3.8) is 0 Å². The van der Waals surface area contributed by atoms with Crippen molar-refractivity contribution in [2.24, 2.45) is 0 Å². The van der Waals surface area contributed by atoms with Crippen molar-refractivity contribution < 1.29 is 0 Å². The first kappa shape index (κ1) is 8.10. The van der Waals surface area contributed by atoms with Gasteiger partial charge in [0.05, 0.1) is 0 Å². The fourth-order valence-electron chi connectivity index (χ4n) is 0.718. The molecule has 0 aliphatic heterocycles. The highest BCUT2D eigenvalue weighted by atomic mass is 79.9. The number of terminal acetylenes is 1. The fraction of sp³-hybridized carbons (Fsp3) is 0. The summed E-state index contributed by atoms with van der Waals surface area (Å²) in [6.45, 7) is 0. The quantitative estimate of drug-likeness (QED) is 0.620. The zero-order chi connectivity index (χ0) is 8.10. The molecule has 11 heavy (non-hydrogen) atoms. The molecule has 0 N–H and O–H groups in total. The van der Waals surface area contributed by atoms with Crippen LogP contribution in [0.5, 0.6) is 0 Å². The Bertz CT molecular complexity index is 288. The minimum absolute atomic E-state index is 1.08. The van der Waals surface area contributed by atoms with Crippen LogP contribution < -0.4 is 0 Å². The van der Waals surface area contributed by atoms with E-state index in [-0.39, 0.29) is 0 Å². The van der Waals surface area contributed by atoms with Gasteiger partial charge in [0.15, 0.2) is 0 Å². The van der Waals surface area contributed by atoms with Gasteiger partial charge in [0.1, 0.15) is 0 Å². The van der Waals surface area contributed by atoms with Crippen molar-refractivity contribution in [3.8, 4) is 12.3 Å². The summed E-state index contributed by atoms with van der Waals surface area (Å²) in [6.07, 6.45) is 8.64. The predicted octanol–water partition coefficient (Wildman–Crippen LogP) is 3.10. The molecule has 0 aromatic heterocycles. The maximum Gasteiger partial charge on any atom is 0.0175 e. The maximum atomic E-state index is 5.06. The Morgan fingerprint density at radius 2 is 1.91 bits per heavy atom. The van der Waals surface area contributed by atoms with Gasteiger partial charge in [0.2, 0.25) is 0 Å². The molecule has 0 spiro atoms. The normalized spacial score (nSPS) is 9.82.